The van der Waals surface area contributed by atoms with Crippen LogP contribution >= 0.6 is 28.3 Å². The van der Waals surface area contributed by atoms with Crippen LogP contribution in [0.1, 0.15) is 12.0 Å². The van der Waals surface area contributed by atoms with E-state index in [0.717, 1.165) is 16.6 Å². The Hall–Kier alpha value is -1.41. The molecule has 1 aromatic carbocycles. The van der Waals surface area contributed by atoms with Crippen molar-refractivity contribution in [1.29, 1.82) is 0 Å². The van der Waals surface area contributed by atoms with Gasteiger partial charge in [-0.3, -0.25) is 4.79 Å². The van der Waals surface area contributed by atoms with Crippen molar-refractivity contribution in [2.24, 2.45) is 0 Å². The van der Waals surface area contributed by atoms with Crippen LogP contribution in [0.15, 0.2) is 41.0 Å². The molecule has 1 saturated heterocycles. The molecule has 1 fully saturated rings. The summed E-state index contributed by atoms with van der Waals surface area (Å²) in [6, 6.07) is 9.91. The Bertz CT molecular complexity index is 674. The van der Waals surface area contributed by atoms with E-state index in [0.29, 0.717) is 32.0 Å². The fourth-order valence-corrected chi connectivity index (χ4v) is 2.99. The van der Waals surface area contributed by atoms with Crippen LogP contribution in [0.5, 0.6) is 0 Å². The number of aromatic nitrogens is 2. The minimum absolute atomic E-state index is 0. The van der Waals surface area contributed by atoms with Gasteiger partial charge in [0.2, 0.25) is 5.91 Å². The maximum Gasteiger partial charge on any atom is 0.227 e. The fourth-order valence-electron chi connectivity index (χ4n) is 2.54. The van der Waals surface area contributed by atoms with Gasteiger partial charge in [0.1, 0.15) is 5.82 Å². The van der Waals surface area contributed by atoms with Gasteiger partial charge in [0.25, 0.3) is 0 Å². The Morgan fingerprint density at radius 3 is 3.08 bits per heavy atom. The van der Waals surface area contributed by atoms with Gasteiger partial charge < -0.3 is 15.4 Å². The number of carbonyl (C=O) groups excluding carboxylic acids is 1. The van der Waals surface area contributed by atoms with Crippen molar-refractivity contribution in [3.05, 3.63) is 46.6 Å². The molecular weight excluding hydrogens is 396 g/mol. The minimum Gasteiger partial charge on any atom is -0.378 e. The van der Waals surface area contributed by atoms with Crippen LogP contribution in [0.4, 0.5) is 5.82 Å². The number of benzene rings is 1. The highest BCUT2D eigenvalue weighted by atomic mass is 79.9. The van der Waals surface area contributed by atoms with Gasteiger partial charge in [-0.25, -0.2) is 4.68 Å². The lowest BCUT2D eigenvalue weighted by Gasteiger charge is -2.23. The summed E-state index contributed by atoms with van der Waals surface area (Å²) in [5.74, 6) is 0.663. The summed E-state index contributed by atoms with van der Waals surface area (Å²) in [7, 11) is 0. The third kappa shape index (κ3) is 5.31. The van der Waals surface area contributed by atoms with Crippen LogP contribution in [0.25, 0.3) is 0 Å². The first-order valence-corrected chi connectivity index (χ1v) is 8.37. The predicted molar refractivity (Wildman–Crippen MR) is 98.6 cm³/mol. The van der Waals surface area contributed by atoms with Crippen molar-refractivity contribution >= 4 is 40.1 Å². The van der Waals surface area contributed by atoms with Gasteiger partial charge in [-0.2, -0.15) is 5.10 Å². The number of hydrogen-bond acceptors (Lipinski definition) is 4. The smallest absolute Gasteiger partial charge is 0.227 e. The fraction of sp³-hybridized carbons (Fsp3) is 0.375. The molecule has 1 unspecified atom stereocenters. The molecule has 1 amide bonds. The van der Waals surface area contributed by atoms with Crippen LogP contribution in [0, 0.1) is 0 Å². The molecule has 130 valence electrons. The molecule has 2 aromatic rings. The number of halogens is 2. The molecule has 0 radical (unpaired) electrons. The summed E-state index contributed by atoms with van der Waals surface area (Å²) in [6.07, 6.45) is 2.08. The number of nitrogens with one attached hydrogen (secondary N) is 2. The molecule has 8 heteroatoms. The maximum absolute atomic E-state index is 12.2. The van der Waals surface area contributed by atoms with Crippen molar-refractivity contribution < 1.29 is 9.53 Å². The number of morpholine rings is 1. The molecule has 0 bridgehead atoms. The first-order valence-electron chi connectivity index (χ1n) is 7.58. The van der Waals surface area contributed by atoms with Crippen LogP contribution < -0.4 is 10.6 Å². The summed E-state index contributed by atoms with van der Waals surface area (Å²) in [4.78, 5) is 12.2. The number of rotatable bonds is 5. The molecule has 1 aliphatic heterocycles. The van der Waals surface area contributed by atoms with Crippen LogP contribution in [-0.2, 0) is 16.1 Å². The molecular formula is C16H20BrClN4O2. The van der Waals surface area contributed by atoms with Gasteiger partial charge in [-0.1, -0.05) is 28.1 Å². The Morgan fingerprint density at radius 1 is 1.46 bits per heavy atom. The zero-order valence-corrected chi connectivity index (χ0v) is 15.5. The third-order valence-corrected chi connectivity index (χ3v) is 4.13. The van der Waals surface area contributed by atoms with Crippen LogP contribution in [-0.4, -0.2) is 41.5 Å². The summed E-state index contributed by atoms with van der Waals surface area (Å²) in [5, 5.41) is 10.5. The van der Waals surface area contributed by atoms with Gasteiger partial charge in [-0.15, -0.1) is 12.4 Å². The van der Waals surface area contributed by atoms with E-state index in [2.05, 4.69) is 31.7 Å². The Balaban J connectivity index is 0.00000208. The predicted octanol–water partition coefficient (Wildman–Crippen LogP) is 2.43. The Labute approximate surface area is 155 Å². The van der Waals surface area contributed by atoms with E-state index in [1.807, 2.05) is 24.3 Å². The Kier molecular flexibility index (Phi) is 7.23. The molecule has 1 aromatic heterocycles. The quantitative estimate of drug-likeness (QED) is 0.787. The molecule has 1 aliphatic rings. The second-order valence-electron chi connectivity index (χ2n) is 5.48. The van der Waals surface area contributed by atoms with E-state index >= 15 is 0 Å². The second-order valence-corrected chi connectivity index (χ2v) is 6.40. The lowest BCUT2D eigenvalue weighted by molar-refractivity contribution is -0.117. The Morgan fingerprint density at radius 2 is 2.33 bits per heavy atom. The van der Waals surface area contributed by atoms with Crippen molar-refractivity contribution in [2.45, 2.75) is 19.0 Å². The molecule has 24 heavy (non-hydrogen) atoms. The number of nitrogens with zero attached hydrogens (tertiary/aromatic N) is 2. The topological polar surface area (TPSA) is 68.2 Å². The van der Waals surface area contributed by atoms with Gasteiger partial charge in [0, 0.05) is 29.5 Å². The average molecular weight is 416 g/mol. The average Bonchev–Trinajstić information content (AvgIpc) is 2.95. The molecule has 6 nitrogen and oxygen atoms in total. The molecule has 0 saturated carbocycles. The SMILES string of the molecule is Cl.O=C(CC1COCCN1)Nc1ccnn1Cc1cccc(Br)c1. The number of anilines is 1. The van der Waals surface area contributed by atoms with Crippen molar-refractivity contribution in [3.8, 4) is 0 Å². The van der Waals surface area contributed by atoms with Crippen molar-refractivity contribution in [3.63, 3.8) is 0 Å². The normalized spacial score (nSPS) is 17.1. The van der Waals surface area contributed by atoms with E-state index in [1.54, 1.807) is 16.9 Å². The maximum atomic E-state index is 12.2. The summed E-state index contributed by atoms with van der Waals surface area (Å²) >= 11 is 3.46. The van der Waals surface area contributed by atoms with E-state index in [-0.39, 0.29) is 24.4 Å². The molecule has 1 atom stereocenters. The zero-order valence-electron chi connectivity index (χ0n) is 13.1. The molecule has 2 N–H and O–H groups in total. The highest BCUT2D eigenvalue weighted by Gasteiger charge is 2.17. The monoisotopic (exact) mass is 414 g/mol. The standard InChI is InChI=1S/C16H19BrN4O2.ClH/c17-13-3-1-2-12(8-13)10-21-15(4-5-19-21)20-16(22)9-14-11-23-7-6-18-14;/h1-5,8,14,18H,6-7,9-11H2,(H,20,22);1H. The highest BCUT2D eigenvalue weighted by molar-refractivity contribution is 9.10. The largest absolute Gasteiger partial charge is 0.378 e. The summed E-state index contributed by atoms with van der Waals surface area (Å²) in [5.41, 5.74) is 1.11. The summed E-state index contributed by atoms with van der Waals surface area (Å²) < 4.78 is 8.17. The van der Waals surface area contributed by atoms with E-state index in [9.17, 15) is 4.79 Å². The number of amides is 1. The molecule has 0 aliphatic carbocycles. The summed E-state index contributed by atoms with van der Waals surface area (Å²) in [6.45, 7) is 2.67. The van der Waals surface area contributed by atoms with Crippen molar-refractivity contribution in [2.75, 3.05) is 25.1 Å². The first kappa shape index (κ1) is 18.9. The molecule has 0 spiro atoms. The van der Waals surface area contributed by atoms with E-state index in [1.165, 1.54) is 0 Å². The van der Waals surface area contributed by atoms with Gasteiger partial charge in [0.05, 0.1) is 26.0 Å². The lowest BCUT2D eigenvalue weighted by atomic mass is 10.2. The first-order chi connectivity index (χ1) is 11.2. The molecule has 3 rings (SSSR count). The molecule has 2 heterocycles. The van der Waals surface area contributed by atoms with Gasteiger partial charge >= 0.3 is 0 Å². The van der Waals surface area contributed by atoms with Gasteiger partial charge in [0.15, 0.2) is 0 Å². The number of hydrogen-bond donors (Lipinski definition) is 2. The second kappa shape index (κ2) is 9.17. The van der Waals surface area contributed by atoms with Crippen molar-refractivity contribution in [1.82, 2.24) is 15.1 Å². The van der Waals surface area contributed by atoms with E-state index < -0.39 is 0 Å². The zero-order chi connectivity index (χ0) is 16.1. The third-order valence-electron chi connectivity index (χ3n) is 3.64. The minimum atomic E-state index is -0.0380. The van der Waals surface area contributed by atoms with Crippen LogP contribution in [0.3, 0.4) is 0 Å². The number of carbonyl (C=O) groups is 1. The number of ether oxygens (including phenoxy) is 1. The van der Waals surface area contributed by atoms with Crippen LogP contribution in [0.2, 0.25) is 0 Å². The van der Waals surface area contributed by atoms with E-state index in [4.69, 9.17) is 4.74 Å². The highest BCUT2D eigenvalue weighted by Crippen LogP contribution is 2.15. The van der Waals surface area contributed by atoms with Gasteiger partial charge in [-0.05, 0) is 17.7 Å². The lowest BCUT2D eigenvalue weighted by Crippen LogP contribution is -2.43.